The molecule has 2 aliphatic heterocycles. The standard InChI is InChI=1S/C44H38B2Cl2O8/c1-49-33-21-13-29(14-22-33)43(30-15-23-34(50-2)24-16-30)41(37-9-5-7-11-39(37)47)53-45(55-43)46-54-42(38-10-6-8-12-40(38)48)44(56-46,31-17-25-35(51-3)26-18-31)32-19-27-36(52-4)28-20-32/h5-28,41-42H,1-4H3/t41-,42-/m1/s1. The summed E-state index contributed by atoms with van der Waals surface area (Å²) in [5.41, 5.74) is 2.13. The van der Waals surface area contributed by atoms with E-state index in [1.165, 1.54) is 0 Å². The normalized spacial score (nSPS) is 18.5. The van der Waals surface area contributed by atoms with Crippen molar-refractivity contribution in [1.29, 1.82) is 0 Å². The zero-order valence-electron chi connectivity index (χ0n) is 31.2. The number of rotatable bonds is 11. The molecule has 0 N–H and O–H groups in total. The minimum Gasteiger partial charge on any atom is -0.497 e. The Labute approximate surface area is 337 Å². The quantitative estimate of drug-likeness (QED) is 0.120. The van der Waals surface area contributed by atoms with Crippen LogP contribution in [0.3, 0.4) is 0 Å². The van der Waals surface area contributed by atoms with E-state index in [-0.39, 0.29) is 0 Å². The predicted octanol–water partition coefficient (Wildman–Crippen LogP) is 9.85. The molecule has 0 saturated carbocycles. The van der Waals surface area contributed by atoms with Crippen molar-refractivity contribution < 1.29 is 37.6 Å². The molecule has 0 bridgehead atoms. The minimum atomic E-state index is -1.26. The summed E-state index contributed by atoms with van der Waals surface area (Å²) >= 11 is 14.0. The summed E-state index contributed by atoms with van der Waals surface area (Å²) in [5, 5.41) is 1.03. The van der Waals surface area contributed by atoms with Gasteiger partial charge in [-0.3, -0.25) is 0 Å². The fourth-order valence-corrected chi connectivity index (χ4v) is 8.24. The van der Waals surface area contributed by atoms with Gasteiger partial charge in [-0.15, -0.1) is 0 Å². The first kappa shape index (κ1) is 38.0. The van der Waals surface area contributed by atoms with Gasteiger partial charge in [-0.1, -0.05) is 108 Å². The highest BCUT2D eigenvalue weighted by molar-refractivity contribution is 7.11. The second-order valence-electron chi connectivity index (χ2n) is 13.4. The van der Waals surface area contributed by atoms with Gasteiger partial charge in [0.05, 0.1) is 28.4 Å². The highest BCUT2D eigenvalue weighted by Gasteiger charge is 2.66. The van der Waals surface area contributed by atoms with Crippen molar-refractivity contribution in [2.24, 2.45) is 0 Å². The van der Waals surface area contributed by atoms with Gasteiger partial charge in [-0.05, 0) is 82.9 Å². The van der Waals surface area contributed by atoms with Crippen molar-refractivity contribution in [3.8, 4) is 23.0 Å². The highest BCUT2D eigenvalue weighted by atomic mass is 35.5. The Morgan fingerprint density at radius 1 is 0.411 bits per heavy atom. The minimum absolute atomic E-state index is 0.515. The molecule has 0 aliphatic carbocycles. The zero-order chi connectivity index (χ0) is 38.9. The Kier molecular flexibility index (Phi) is 10.8. The molecule has 2 heterocycles. The summed E-state index contributed by atoms with van der Waals surface area (Å²) < 4.78 is 51.1. The van der Waals surface area contributed by atoms with Gasteiger partial charge < -0.3 is 37.6 Å². The molecule has 2 fully saturated rings. The molecule has 0 amide bonds. The van der Waals surface area contributed by atoms with Crippen molar-refractivity contribution >= 4 is 37.2 Å². The Morgan fingerprint density at radius 3 is 0.929 bits per heavy atom. The Morgan fingerprint density at radius 2 is 0.679 bits per heavy atom. The summed E-state index contributed by atoms with van der Waals surface area (Å²) in [6, 6.07) is 46.2. The molecule has 0 unspecified atom stereocenters. The van der Waals surface area contributed by atoms with E-state index in [1.807, 2.05) is 146 Å². The third-order valence-electron chi connectivity index (χ3n) is 10.6. The lowest BCUT2D eigenvalue weighted by Crippen LogP contribution is -2.43. The molecular weight excluding hydrogens is 749 g/mol. The van der Waals surface area contributed by atoms with Crippen LogP contribution in [-0.2, 0) is 29.8 Å². The maximum Gasteiger partial charge on any atom is 0.489 e. The van der Waals surface area contributed by atoms with Gasteiger partial charge in [0.2, 0.25) is 0 Å². The Hall–Kier alpha value is -4.93. The van der Waals surface area contributed by atoms with Crippen molar-refractivity contribution in [2.75, 3.05) is 28.4 Å². The van der Waals surface area contributed by atoms with E-state index in [4.69, 9.17) is 60.8 Å². The molecule has 8 nitrogen and oxygen atoms in total. The topological polar surface area (TPSA) is 73.8 Å². The number of ether oxygens (including phenoxy) is 4. The van der Waals surface area contributed by atoms with Crippen LogP contribution in [0.5, 0.6) is 23.0 Å². The van der Waals surface area contributed by atoms with Gasteiger partial charge in [0.1, 0.15) is 46.4 Å². The molecule has 0 aromatic heterocycles. The maximum atomic E-state index is 7.34. The van der Waals surface area contributed by atoms with Crippen molar-refractivity contribution in [3.63, 3.8) is 0 Å². The summed E-state index contributed by atoms with van der Waals surface area (Å²) in [4.78, 5) is 0. The summed E-state index contributed by atoms with van der Waals surface area (Å²) in [7, 11) is 4.34. The molecule has 2 saturated heterocycles. The summed E-state index contributed by atoms with van der Waals surface area (Å²) in [5.74, 6) is 2.77. The van der Waals surface area contributed by atoms with Crippen LogP contribution in [0.2, 0.25) is 10.0 Å². The van der Waals surface area contributed by atoms with E-state index in [0.717, 1.165) is 33.4 Å². The number of benzene rings is 6. The first-order chi connectivity index (χ1) is 27.3. The monoisotopic (exact) mass is 786 g/mol. The van der Waals surface area contributed by atoms with Crippen molar-refractivity contribution in [2.45, 2.75) is 23.4 Å². The molecule has 282 valence electrons. The molecule has 2 aliphatic rings. The van der Waals surface area contributed by atoms with Crippen LogP contribution in [-0.4, -0.2) is 42.5 Å². The van der Waals surface area contributed by atoms with E-state index in [0.29, 0.717) is 33.0 Å². The molecule has 56 heavy (non-hydrogen) atoms. The van der Waals surface area contributed by atoms with Crippen LogP contribution in [0.25, 0.3) is 0 Å². The molecule has 8 rings (SSSR count). The van der Waals surface area contributed by atoms with E-state index in [1.54, 1.807) is 28.4 Å². The first-order valence-electron chi connectivity index (χ1n) is 18.1. The molecular formula is C44H38B2Cl2O8. The average Bonchev–Trinajstić information content (AvgIpc) is 3.86. The third kappa shape index (κ3) is 6.60. The van der Waals surface area contributed by atoms with E-state index in [9.17, 15) is 0 Å². The van der Waals surface area contributed by atoms with Crippen LogP contribution in [0, 0.1) is 0 Å². The van der Waals surface area contributed by atoms with Crippen LogP contribution >= 0.6 is 23.2 Å². The van der Waals surface area contributed by atoms with Gasteiger partial charge >= 0.3 is 14.0 Å². The second-order valence-corrected chi connectivity index (χ2v) is 14.2. The molecule has 6 aromatic carbocycles. The number of methoxy groups -OCH3 is 4. The van der Waals surface area contributed by atoms with Gasteiger partial charge in [-0.25, -0.2) is 0 Å². The van der Waals surface area contributed by atoms with Gasteiger partial charge in [0.15, 0.2) is 0 Å². The summed E-state index contributed by atoms with van der Waals surface area (Å²) in [6.07, 6.45) is -1.54. The zero-order valence-corrected chi connectivity index (χ0v) is 32.7. The highest BCUT2D eigenvalue weighted by Crippen LogP contribution is 2.57. The fraction of sp³-hybridized carbons (Fsp3) is 0.182. The van der Waals surface area contributed by atoms with Crippen molar-refractivity contribution in [1.82, 2.24) is 0 Å². The van der Waals surface area contributed by atoms with Crippen LogP contribution < -0.4 is 18.9 Å². The SMILES string of the molecule is COc1ccc(C2(c3ccc(OC)cc3)OB(B3O[C@H](c4ccccc4Cl)C(c4ccc(OC)cc4)(c4ccc(OC)cc4)O3)O[C@@H]2c2ccccc2Cl)cc1. The summed E-state index contributed by atoms with van der Waals surface area (Å²) in [6.45, 7) is 0. The molecule has 12 heteroatoms. The molecule has 6 aromatic rings. The van der Waals surface area contributed by atoms with Gasteiger partial charge in [0.25, 0.3) is 0 Å². The lowest BCUT2D eigenvalue weighted by molar-refractivity contribution is 0.0718. The third-order valence-corrected chi connectivity index (χ3v) is 11.2. The van der Waals surface area contributed by atoms with Gasteiger partial charge in [-0.2, -0.15) is 0 Å². The lowest BCUT2D eigenvalue weighted by atomic mass is 9.49. The molecule has 2 atom stereocenters. The number of hydrogen-bond acceptors (Lipinski definition) is 8. The maximum absolute atomic E-state index is 7.34. The number of halogens is 2. The fourth-order valence-electron chi connectivity index (χ4n) is 7.77. The molecule has 0 radical (unpaired) electrons. The smallest absolute Gasteiger partial charge is 0.489 e. The Balaban J connectivity index is 1.33. The first-order valence-corrected chi connectivity index (χ1v) is 18.8. The van der Waals surface area contributed by atoms with Crippen LogP contribution in [0.4, 0.5) is 0 Å². The van der Waals surface area contributed by atoms with Crippen LogP contribution in [0.1, 0.15) is 45.6 Å². The van der Waals surface area contributed by atoms with Crippen molar-refractivity contribution in [3.05, 3.63) is 189 Å². The predicted molar refractivity (Wildman–Crippen MR) is 218 cm³/mol. The average molecular weight is 787 g/mol. The van der Waals surface area contributed by atoms with E-state index < -0.39 is 37.4 Å². The second kappa shape index (κ2) is 15.9. The molecule has 0 spiro atoms. The lowest BCUT2D eigenvalue weighted by Gasteiger charge is -2.36. The van der Waals surface area contributed by atoms with E-state index in [2.05, 4.69) is 0 Å². The van der Waals surface area contributed by atoms with E-state index >= 15 is 0 Å². The largest absolute Gasteiger partial charge is 0.497 e. The van der Waals surface area contributed by atoms with Crippen LogP contribution in [0.15, 0.2) is 146 Å². The number of hydrogen-bond donors (Lipinski definition) is 0. The Bertz CT molecular complexity index is 2020. The van der Waals surface area contributed by atoms with Gasteiger partial charge in [0, 0.05) is 21.2 Å².